The number of halogens is 1. The van der Waals surface area contributed by atoms with Crippen LogP contribution < -0.4 is 5.32 Å². The SMILES string of the molecule is O=C(CCc1ccc(-c2ccccc2F)o1)Nc1cccc(-c2cnco2)c1. The van der Waals surface area contributed by atoms with Gasteiger partial charge in [0.25, 0.3) is 0 Å². The molecule has 1 amide bonds. The van der Waals surface area contributed by atoms with Gasteiger partial charge in [0.2, 0.25) is 5.91 Å². The van der Waals surface area contributed by atoms with Gasteiger partial charge in [0.05, 0.1) is 11.8 Å². The summed E-state index contributed by atoms with van der Waals surface area (Å²) in [5.74, 6) is 1.23. The maximum Gasteiger partial charge on any atom is 0.224 e. The van der Waals surface area contributed by atoms with Crippen LogP contribution >= 0.6 is 0 Å². The second-order valence-electron chi connectivity index (χ2n) is 6.24. The number of furan rings is 1. The molecule has 2 aromatic carbocycles. The molecule has 5 nitrogen and oxygen atoms in total. The van der Waals surface area contributed by atoms with Crippen molar-refractivity contribution in [3.8, 4) is 22.6 Å². The number of hydrogen-bond acceptors (Lipinski definition) is 4. The van der Waals surface area contributed by atoms with Crippen molar-refractivity contribution in [3.63, 3.8) is 0 Å². The van der Waals surface area contributed by atoms with E-state index in [1.54, 1.807) is 42.6 Å². The largest absolute Gasteiger partial charge is 0.461 e. The molecule has 0 saturated carbocycles. The van der Waals surface area contributed by atoms with E-state index in [0.717, 1.165) is 5.56 Å². The van der Waals surface area contributed by atoms with E-state index in [4.69, 9.17) is 8.83 Å². The zero-order chi connectivity index (χ0) is 19.3. The predicted molar refractivity (Wildman–Crippen MR) is 103 cm³/mol. The Labute approximate surface area is 160 Å². The quantitative estimate of drug-likeness (QED) is 0.495. The van der Waals surface area contributed by atoms with Crippen molar-refractivity contribution in [2.75, 3.05) is 5.32 Å². The molecule has 0 fully saturated rings. The smallest absolute Gasteiger partial charge is 0.224 e. The maximum atomic E-state index is 13.8. The van der Waals surface area contributed by atoms with E-state index < -0.39 is 0 Å². The number of carbonyl (C=O) groups excluding carboxylic acids is 1. The fourth-order valence-electron chi connectivity index (χ4n) is 2.89. The number of aromatic nitrogens is 1. The van der Waals surface area contributed by atoms with Crippen LogP contribution in [0.25, 0.3) is 22.6 Å². The van der Waals surface area contributed by atoms with E-state index >= 15 is 0 Å². The third-order valence-electron chi connectivity index (χ3n) is 4.26. The highest BCUT2D eigenvalue weighted by Gasteiger charge is 2.11. The van der Waals surface area contributed by atoms with Gasteiger partial charge in [-0.1, -0.05) is 24.3 Å². The van der Waals surface area contributed by atoms with E-state index in [-0.39, 0.29) is 18.1 Å². The number of benzene rings is 2. The molecule has 1 N–H and O–H groups in total. The Morgan fingerprint density at radius 2 is 1.93 bits per heavy atom. The molecule has 4 rings (SSSR count). The number of aryl methyl sites for hydroxylation is 1. The molecule has 0 atom stereocenters. The number of carbonyl (C=O) groups is 1. The molecule has 0 radical (unpaired) electrons. The number of anilines is 1. The molecule has 0 bridgehead atoms. The average Bonchev–Trinajstić information content (AvgIpc) is 3.39. The normalized spacial score (nSPS) is 10.8. The van der Waals surface area contributed by atoms with Crippen molar-refractivity contribution < 1.29 is 18.0 Å². The van der Waals surface area contributed by atoms with Crippen LogP contribution in [0.2, 0.25) is 0 Å². The summed E-state index contributed by atoms with van der Waals surface area (Å²) in [6.07, 6.45) is 3.64. The molecule has 6 heteroatoms. The summed E-state index contributed by atoms with van der Waals surface area (Å²) in [4.78, 5) is 16.2. The highest BCUT2D eigenvalue weighted by atomic mass is 19.1. The first-order valence-electron chi connectivity index (χ1n) is 8.81. The Balaban J connectivity index is 1.37. The minimum atomic E-state index is -0.340. The molecular formula is C22H17FN2O3. The van der Waals surface area contributed by atoms with E-state index in [1.165, 1.54) is 12.5 Å². The van der Waals surface area contributed by atoms with Crippen LogP contribution in [0.4, 0.5) is 10.1 Å². The van der Waals surface area contributed by atoms with Crippen molar-refractivity contribution in [1.82, 2.24) is 4.98 Å². The van der Waals surface area contributed by atoms with Crippen LogP contribution in [0.15, 0.2) is 82.1 Å². The van der Waals surface area contributed by atoms with Gasteiger partial charge in [-0.2, -0.15) is 0 Å². The Morgan fingerprint density at radius 1 is 1.04 bits per heavy atom. The summed E-state index contributed by atoms with van der Waals surface area (Å²) in [5, 5.41) is 2.86. The maximum absolute atomic E-state index is 13.8. The molecule has 0 unspecified atom stereocenters. The first-order chi connectivity index (χ1) is 13.7. The number of oxazole rings is 1. The zero-order valence-corrected chi connectivity index (χ0v) is 14.9. The van der Waals surface area contributed by atoms with E-state index in [1.807, 2.05) is 18.2 Å². The van der Waals surface area contributed by atoms with Gasteiger partial charge in [-0.3, -0.25) is 4.79 Å². The van der Waals surface area contributed by atoms with Crippen molar-refractivity contribution in [1.29, 1.82) is 0 Å². The van der Waals surface area contributed by atoms with Crippen LogP contribution in [0.3, 0.4) is 0 Å². The molecule has 0 aliphatic carbocycles. The predicted octanol–water partition coefficient (Wildman–Crippen LogP) is 5.31. The summed E-state index contributed by atoms with van der Waals surface area (Å²) < 4.78 is 24.8. The van der Waals surface area contributed by atoms with E-state index in [2.05, 4.69) is 10.3 Å². The van der Waals surface area contributed by atoms with Gasteiger partial charge >= 0.3 is 0 Å². The molecule has 4 aromatic rings. The van der Waals surface area contributed by atoms with Crippen LogP contribution in [-0.2, 0) is 11.2 Å². The van der Waals surface area contributed by atoms with E-state index in [0.29, 0.717) is 35.0 Å². The van der Waals surface area contributed by atoms with Gasteiger partial charge in [-0.05, 0) is 36.4 Å². The van der Waals surface area contributed by atoms with Crippen LogP contribution in [0, 0.1) is 5.82 Å². The van der Waals surface area contributed by atoms with Gasteiger partial charge in [-0.15, -0.1) is 0 Å². The second kappa shape index (κ2) is 7.92. The summed E-state index contributed by atoms with van der Waals surface area (Å²) in [6, 6.07) is 17.2. The lowest BCUT2D eigenvalue weighted by atomic mass is 10.1. The van der Waals surface area contributed by atoms with Crippen molar-refractivity contribution in [2.24, 2.45) is 0 Å². The summed E-state index contributed by atoms with van der Waals surface area (Å²) >= 11 is 0. The summed E-state index contributed by atoms with van der Waals surface area (Å²) in [5.41, 5.74) is 1.91. The zero-order valence-electron chi connectivity index (χ0n) is 14.9. The van der Waals surface area contributed by atoms with Crippen LogP contribution in [0.1, 0.15) is 12.2 Å². The molecular weight excluding hydrogens is 359 g/mol. The lowest BCUT2D eigenvalue weighted by molar-refractivity contribution is -0.116. The summed E-state index contributed by atoms with van der Waals surface area (Å²) in [6.45, 7) is 0. The first-order valence-corrected chi connectivity index (χ1v) is 8.81. The molecule has 0 aliphatic rings. The van der Waals surface area contributed by atoms with Gasteiger partial charge in [-0.25, -0.2) is 9.37 Å². The molecule has 28 heavy (non-hydrogen) atoms. The fourth-order valence-corrected chi connectivity index (χ4v) is 2.89. The molecule has 0 aliphatic heterocycles. The Bertz CT molecular complexity index is 1090. The number of hydrogen-bond donors (Lipinski definition) is 1. The fraction of sp³-hybridized carbons (Fsp3) is 0.0909. The molecule has 0 saturated heterocycles. The second-order valence-corrected chi connectivity index (χ2v) is 6.24. The topological polar surface area (TPSA) is 68.3 Å². The Morgan fingerprint density at radius 3 is 2.75 bits per heavy atom. The van der Waals surface area contributed by atoms with Gasteiger partial charge in [0, 0.05) is 24.1 Å². The molecule has 2 aromatic heterocycles. The average molecular weight is 376 g/mol. The lowest BCUT2D eigenvalue weighted by Gasteiger charge is -2.06. The van der Waals surface area contributed by atoms with E-state index in [9.17, 15) is 9.18 Å². The van der Waals surface area contributed by atoms with Crippen molar-refractivity contribution >= 4 is 11.6 Å². The third kappa shape index (κ3) is 4.01. The Hall–Kier alpha value is -3.67. The number of rotatable bonds is 6. The first kappa shape index (κ1) is 17.7. The number of nitrogens with one attached hydrogen (secondary N) is 1. The Kier molecular flexibility index (Phi) is 5.01. The van der Waals surface area contributed by atoms with Crippen LogP contribution in [-0.4, -0.2) is 10.9 Å². The highest BCUT2D eigenvalue weighted by molar-refractivity contribution is 5.91. The van der Waals surface area contributed by atoms with Gasteiger partial charge < -0.3 is 14.2 Å². The van der Waals surface area contributed by atoms with Crippen molar-refractivity contribution in [3.05, 3.63) is 84.8 Å². The summed E-state index contributed by atoms with van der Waals surface area (Å²) in [7, 11) is 0. The molecule has 2 heterocycles. The lowest BCUT2D eigenvalue weighted by Crippen LogP contribution is -2.12. The number of amides is 1. The highest BCUT2D eigenvalue weighted by Crippen LogP contribution is 2.25. The number of nitrogens with zero attached hydrogens (tertiary/aromatic N) is 1. The minimum Gasteiger partial charge on any atom is -0.461 e. The van der Waals surface area contributed by atoms with Crippen LogP contribution in [0.5, 0.6) is 0 Å². The monoisotopic (exact) mass is 376 g/mol. The standard InChI is InChI=1S/C22H17FN2O3/c23-19-7-2-1-6-18(19)20-10-8-17(28-20)9-11-22(26)25-16-5-3-4-15(12-16)21-13-24-14-27-21/h1-8,10,12-14H,9,11H2,(H,25,26). The molecule has 0 spiro atoms. The third-order valence-corrected chi connectivity index (χ3v) is 4.26. The van der Waals surface area contributed by atoms with Gasteiger partial charge in [0.1, 0.15) is 17.3 Å². The van der Waals surface area contributed by atoms with Gasteiger partial charge in [0.15, 0.2) is 12.2 Å². The minimum absolute atomic E-state index is 0.140. The van der Waals surface area contributed by atoms with Crippen molar-refractivity contribution in [2.45, 2.75) is 12.8 Å². The molecule has 140 valence electrons.